The Morgan fingerprint density at radius 3 is 2.21 bits per heavy atom. The third kappa shape index (κ3) is 8.71. The number of alkyl halides is 3. The maximum absolute atomic E-state index is 12.7. The first-order valence-electron chi connectivity index (χ1n) is 9.38. The molecule has 0 aliphatic carbocycles. The summed E-state index contributed by atoms with van der Waals surface area (Å²) in [4.78, 5) is 4.60. The molecule has 0 spiro atoms. The van der Waals surface area contributed by atoms with E-state index in [1.165, 1.54) is 0 Å². The number of hydrogen-bond acceptors (Lipinski definition) is 4. The number of nitrogens with zero attached hydrogens (tertiary/aromatic N) is 2. The van der Waals surface area contributed by atoms with E-state index in [0.717, 1.165) is 83.1 Å². The predicted molar refractivity (Wildman–Crippen MR) is 113 cm³/mol. The van der Waals surface area contributed by atoms with Crippen molar-refractivity contribution in [2.24, 2.45) is 0 Å². The van der Waals surface area contributed by atoms with E-state index in [1.807, 2.05) is 0 Å². The van der Waals surface area contributed by atoms with Crippen molar-refractivity contribution >= 4 is 24.8 Å². The van der Waals surface area contributed by atoms with E-state index in [9.17, 15) is 13.2 Å². The van der Waals surface area contributed by atoms with E-state index in [0.29, 0.717) is 0 Å². The maximum Gasteiger partial charge on any atom is 0.416 e. The molecule has 0 radical (unpaired) electrons. The van der Waals surface area contributed by atoms with Crippen LogP contribution in [0.5, 0.6) is 0 Å². The molecule has 0 amide bonds. The van der Waals surface area contributed by atoms with Gasteiger partial charge in [0.15, 0.2) is 0 Å². The molecule has 1 N–H and O–H groups in total. The van der Waals surface area contributed by atoms with Gasteiger partial charge in [0.25, 0.3) is 0 Å². The highest BCUT2D eigenvalue weighted by Gasteiger charge is 2.30. The van der Waals surface area contributed by atoms with Gasteiger partial charge in [0.05, 0.1) is 31.9 Å². The lowest BCUT2D eigenvalue weighted by atomic mass is 10.0. The zero-order valence-corrected chi connectivity index (χ0v) is 17.8. The van der Waals surface area contributed by atoms with E-state index in [2.05, 4.69) is 27.0 Å². The van der Waals surface area contributed by atoms with Gasteiger partial charge in [0, 0.05) is 38.8 Å². The molecule has 0 bridgehead atoms. The molecule has 164 valence electrons. The van der Waals surface area contributed by atoms with Gasteiger partial charge in [0.1, 0.15) is 0 Å². The van der Waals surface area contributed by atoms with Gasteiger partial charge < -0.3 is 10.1 Å². The summed E-state index contributed by atoms with van der Waals surface area (Å²) in [5, 5.41) is 3.45. The number of rotatable bonds is 4. The standard InChI is InChI=1S/C20H26F3N3O.2ClH/c21-20(22,23)18-5-3-17(4-6-18)15-19-16-26(10-7-24-19)9-2-1-8-25-11-13-27-14-12-25;;/h3-6,19,24H,7-16H2;2*1H. The third-order valence-corrected chi connectivity index (χ3v) is 4.94. The van der Waals surface area contributed by atoms with Crippen LogP contribution in [-0.2, 0) is 17.3 Å². The lowest BCUT2D eigenvalue weighted by Crippen LogP contribution is -2.51. The van der Waals surface area contributed by atoms with E-state index in [-0.39, 0.29) is 30.9 Å². The highest BCUT2D eigenvalue weighted by atomic mass is 35.5. The quantitative estimate of drug-likeness (QED) is 0.709. The number of hydrogen-bond donors (Lipinski definition) is 1. The second-order valence-electron chi connectivity index (χ2n) is 7.03. The highest BCUT2D eigenvalue weighted by Crippen LogP contribution is 2.29. The number of ether oxygens (including phenoxy) is 1. The van der Waals surface area contributed by atoms with E-state index in [4.69, 9.17) is 4.74 Å². The van der Waals surface area contributed by atoms with Crippen molar-refractivity contribution in [3.05, 3.63) is 35.4 Å². The first-order chi connectivity index (χ1) is 13.0. The van der Waals surface area contributed by atoms with Crippen molar-refractivity contribution in [1.29, 1.82) is 0 Å². The van der Waals surface area contributed by atoms with Crippen molar-refractivity contribution in [1.82, 2.24) is 15.1 Å². The first kappa shape index (κ1) is 26.0. The summed E-state index contributed by atoms with van der Waals surface area (Å²) in [6.45, 7) is 7.63. The number of morpholine rings is 1. The summed E-state index contributed by atoms with van der Waals surface area (Å²) in [5.74, 6) is 6.49. The van der Waals surface area contributed by atoms with Crippen LogP contribution in [0.2, 0.25) is 0 Å². The summed E-state index contributed by atoms with van der Waals surface area (Å²) >= 11 is 0. The number of nitrogens with one attached hydrogen (secondary N) is 1. The average molecular weight is 454 g/mol. The Morgan fingerprint density at radius 2 is 1.59 bits per heavy atom. The van der Waals surface area contributed by atoms with Gasteiger partial charge in [0.2, 0.25) is 0 Å². The Labute approximate surface area is 183 Å². The molecule has 2 aliphatic heterocycles. The molecule has 0 aromatic heterocycles. The van der Waals surface area contributed by atoms with Crippen molar-refractivity contribution < 1.29 is 17.9 Å². The fraction of sp³-hybridized carbons (Fsp3) is 0.600. The van der Waals surface area contributed by atoms with Crippen molar-refractivity contribution in [3.63, 3.8) is 0 Å². The zero-order chi connectivity index (χ0) is 19.1. The van der Waals surface area contributed by atoms with Crippen LogP contribution in [0.25, 0.3) is 0 Å². The fourth-order valence-electron chi connectivity index (χ4n) is 3.38. The summed E-state index contributed by atoms with van der Waals surface area (Å²) in [7, 11) is 0. The monoisotopic (exact) mass is 453 g/mol. The second kappa shape index (κ2) is 12.6. The lowest BCUT2D eigenvalue weighted by Gasteiger charge is -2.32. The van der Waals surface area contributed by atoms with Gasteiger partial charge in [-0.3, -0.25) is 9.80 Å². The van der Waals surface area contributed by atoms with E-state index >= 15 is 0 Å². The third-order valence-electron chi connectivity index (χ3n) is 4.94. The first-order valence-corrected chi connectivity index (χ1v) is 9.38. The van der Waals surface area contributed by atoms with Crippen molar-refractivity contribution in [3.8, 4) is 11.8 Å². The Morgan fingerprint density at radius 1 is 0.966 bits per heavy atom. The molecule has 2 heterocycles. The van der Waals surface area contributed by atoms with Gasteiger partial charge in [-0.15, -0.1) is 24.8 Å². The normalized spacial score (nSPS) is 20.7. The minimum absolute atomic E-state index is 0. The predicted octanol–water partition coefficient (Wildman–Crippen LogP) is 2.70. The molecule has 1 aromatic carbocycles. The minimum atomic E-state index is -4.28. The van der Waals surface area contributed by atoms with Crippen LogP contribution in [-0.4, -0.2) is 74.9 Å². The van der Waals surface area contributed by atoms with Crippen molar-refractivity contribution in [2.75, 3.05) is 59.0 Å². The minimum Gasteiger partial charge on any atom is -0.379 e. The van der Waals surface area contributed by atoms with Crippen LogP contribution in [0.3, 0.4) is 0 Å². The SMILES string of the molecule is Cl.Cl.FC(F)(F)c1ccc(CC2CN(CC#CCN3CCOCC3)CCN2)cc1. The molecule has 2 aliphatic rings. The largest absolute Gasteiger partial charge is 0.416 e. The van der Waals surface area contributed by atoms with Crippen molar-refractivity contribution in [2.45, 2.75) is 18.6 Å². The molecule has 1 unspecified atom stereocenters. The summed E-state index contributed by atoms with van der Waals surface area (Å²) in [6, 6.07) is 5.70. The zero-order valence-electron chi connectivity index (χ0n) is 16.2. The summed E-state index contributed by atoms with van der Waals surface area (Å²) in [6.07, 6.45) is -3.56. The average Bonchev–Trinajstić information content (AvgIpc) is 2.66. The molecule has 3 rings (SSSR count). The molecule has 29 heavy (non-hydrogen) atoms. The Bertz CT molecular complexity index is 656. The molecular formula is C20H28Cl2F3N3O. The lowest BCUT2D eigenvalue weighted by molar-refractivity contribution is -0.137. The number of halogens is 5. The Kier molecular flexibility index (Phi) is 11.3. The van der Waals surface area contributed by atoms with Crippen LogP contribution in [0, 0.1) is 11.8 Å². The molecule has 1 aromatic rings. The van der Waals surface area contributed by atoms with Gasteiger partial charge in [-0.05, 0) is 24.1 Å². The van der Waals surface area contributed by atoms with Gasteiger partial charge in [-0.25, -0.2) is 0 Å². The molecule has 1 atom stereocenters. The van der Waals surface area contributed by atoms with Gasteiger partial charge in [-0.1, -0.05) is 24.0 Å². The number of benzene rings is 1. The molecule has 4 nitrogen and oxygen atoms in total. The number of piperazine rings is 1. The second-order valence-corrected chi connectivity index (χ2v) is 7.03. The van der Waals surface area contributed by atoms with E-state index < -0.39 is 11.7 Å². The molecule has 2 saturated heterocycles. The summed E-state index contributed by atoms with van der Waals surface area (Å²) in [5.41, 5.74) is 0.320. The van der Waals surface area contributed by atoms with Gasteiger partial charge in [-0.2, -0.15) is 13.2 Å². The van der Waals surface area contributed by atoms with Crippen LogP contribution < -0.4 is 5.32 Å². The van der Waals surface area contributed by atoms with E-state index in [1.54, 1.807) is 12.1 Å². The maximum atomic E-state index is 12.7. The molecular weight excluding hydrogens is 426 g/mol. The Hall–Kier alpha value is -1.01. The van der Waals surface area contributed by atoms with Crippen LogP contribution in [0.1, 0.15) is 11.1 Å². The smallest absolute Gasteiger partial charge is 0.379 e. The molecule has 9 heteroatoms. The molecule has 2 fully saturated rings. The molecule has 0 saturated carbocycles. The van der Waals surface area contributed by atoms with Crippen LogP contribution >= 0.6 is 24.8 Å². The fourth-order valence-corrected chi connectivity index (χ4v) is 3.38. The van der Waals surface area contributed by atoms with Crippen LogP contribution in [0.4, 0.5) is 13.2 Å². The van der Waals surface area contributed by atoms with Crippen LogP contribution in [0.15, 0.2) is 24.3 Å². The topological polar surface area (TPSA) is 27.7 Å². The van der Waals surface area contributed by atoms with Gasteiger partial charge >= 0.3 is 6.18 Å². The Balaban J connectivity index is 0.00000210. The summed E-state index contributed by atoms with van der Waals surface area (Å²) < 4.78 is 43.3. The highest BCUT2D eigenvalue weighted by molar-refractivity contribution is 5.85.